The second kappa shape index (κ2) is 8.70. The summed E-state index contributed by atoms with van der Waals surface area (Å²) in [6.07, 6.45) is 1.38. The van der Waals surface area contributed by atoms with Crippen molar-refractivity contribution in [3.8, 4) is 0 Å². The molecule has 1 unspecified atom stereocenters. The van der Waals surface area contributed by atoms with Crippen LogP contribution in [0.25, 0.3) is 0 Å². The van der Waals surface area contributed by atoms with Gasteiger partial charge in [0.2, 0.25) is 0 Å². The van der Waals surface area contributed by atoms with E-state index in [-0.39, 0.29) is 17.5 Å². The number of amides is 1. The molecule has 0 aliphatic heterocycles. The molecule has 6 heteroatoms. The van der Waals surface area contributed by atoms with Crippen molar-refractivity contribution in [2.24, 2.45) is 0 Å². The van der Waals surface area contributed by atoms with Gasteiger partial charge in [-0.1, -0.05) is 48.0 Å². The zero-order valence-corrected chi connectivity index (χ0v) is 15.2. The van der Waals surface area contributed by atoms with Gasteiger partial charge < -0.3 is 15.4 Å². The number of rotatable bonds is 7. The first-order valence-electron chi connectivity index (χ1n) is 7.62. The van der Waals surface area contributed by atoms with Crippen molar-refractivity contribution in [3.05, 3.63) is 75.9 Å². The van der Waals surface area contributed by atoms with E-state index in [0.29, 0.717) is 22.2 Å². The van der Waals surface area contributed by atoms with Crippen molar-refractivity contribution >= 4 is 41.1 Å². The lowest BCUT2D eigenvalue weighted by molar-refractivity contribution is -0.109. The molecule has 130 valence electrons. The SMILES string of the molecule is C=C(C)NC(C=O)Cc1ccc(NC(=O)c2c(Cl)cccc2Cl)cc1. The lowest BCUT2D eigenvalue weighted by atomic mass is 10.1. The van der Waals surface area contributed by atoms with Gasteiger partial charge in [0.05, 0.1) is 21.7 Å². The maximum absolute atomic E-state index is 12.3. The Morgan fingerprint density at radius 1 is 1.16 bits per heavy atom. The highest BCUT2D eigenvalue weighted by molar-refractivity contribution is 6.40. The molecule has 2 aromatic carbocycles. The van der Waals surface area contributed by atoms with Crippen molar-refractivity contribution in [1.29, 1.82) is 0 Å². The summed E-state index contributed by atoms with van der Waals surface area (Å²) in [7, 11) is 0. The van der Waals surface area contributed by atoms with Crippen LogP contribution in [0.4, 0.5) is 5.69 Å². The second-order valence-corrected chi connectivity index (χ2v) is 6.43. The minimum absolute atomic E-state index is 0.238. The molecule has 0 saturated heterocycles. The minimum Gasteiger partial charge on any atom is -0.379 e. The molecule has 0 spiro atoms. The van der Waals surface area contributed by atoms with Crippen LogP contribution in [-0.2, 0) is 11.2 Å². The molecule has 4 nitrogen and oxygen atoms in total. The van der Waals surface area contributed by atoms with Gasteiger partial charge in [-0.3, -0.25) is 4.79 Å². The van der Waals surface area contributed by atoms with Crippen molar-refractivity contribution in [2.75, 3.05) is 5.32 Å². The van der Waals surface area contributed by atoms with Crippen LogP contribution in [0.15, 0.2) is 54.7 Å². The van der Waals surface area contributed by atoms with E-state index >= 15 is 0 Å². The van der Waals surface area contributed by atoms with Gasteiger partial charge in [0, 0.05) is 11.4 Å². The van der Waals surface area contributed by atoms with Crippen LogP contribution in [0.2, 0.25) is 10.0 Å². The number of carbonyl (C=O) groups excluding carboxylic acids is 2. The van der Waals surface area contributed by atoms with Crippen LogP contribution in [0.1, 0.15) is 22.8 Å². The van der Waals surface area contributed by atoms with Crippen LogP contribution in [-0.4, -0.2) is 18.2 Å². The molecule has 0 aromatic heterocycles. The fraction of sp³-hybridized carbons (Fsp3) is 0.158. The summed E-state index contributed by atoms with van der Waals surface area (Å²) in [5.41, 5.74) is 2.54. The van der Waals surface area contributed by atoms with Crippen LogP contribution in [0.3, 0.4) is 0 Å². The van der Waals surface area contributed by atoms with Gasteiger partial charge in [-0.05, 0) is 43.2 Å². The number of hydrogen-bond donors (Lipinski definition) is 2. The molecule has 1 atom stereocenters. The summed E-state index contributed by atoms with van der Waals surface area (Å²) < 4.78 is 0. The number of halogens is 2. The van der Waals surface area contributed by atoms with E-state index in [0.717, 1.165) is 17.5 Å². The lowest BCUT2D eigenvalue weighted by Gasteiger charge is -2.14. The zero-order chi connectivity index (χ0) is 18.4. The highest BCUT2D eigenvalue weighted by Crippen LogP contribution is 2.25. The molecule has 2 rings (SSSR count). The Hall–Kier alpha value is -2.30. The van der Waals surface area contributed by atoms with E-state index in [4.69, 9.17) is 23.2 Å². The number of nitrogens with one attached hydrogen (secondary N) is 2. The van der Waals surface area contributed by atoms with Crippen LogP contribution >= 0.6 is 23.2 Å². The molecule has 0 aliphatic rings. The highest BCUT2D eigenvalue weighted by atomic mass is 35.5. The Bertz CT molecular complexity index is 768. The van der Waals surface area contributed by atoms with E-state index in [1.165, 1.54) is 0 Å². The fourth-order valence-electron chi connectivity index (χ4n) is 2.34. The first-order valence-corrected chi connectivity index (χ1v) is 8.38. The maximum Gasteiger partial charge on any atom is 0.258 e. The highest BCUT2D eigenvalue weighted by Gasteiger charge is 2.15. The third-order valence-corrected chi connectivity index (χ3v) is 4.08. The third-order valence-electron chi connectivity index (χ3n) is 3.45. The van der Waals surface area contributed by atoms with E-state index in [1.54, 1.807) is 37.3 Å². The first-order chi connectivity index (χ1) is 11.9. The van der Waals surface area contributed by atoms with Crippen molar-refractivity contribution in [3.63, 3.8) is 0 Å². The van der Waals surface area contributed by atoms with Gasteiger partial charge in [-0.2, -0.15) is 0 Å². The number of carbonyl (C=O) groups is 2. The van der Waals surface area contributed by atoms with Crippen molar-refractivity contribution in [2.45, 2.75) is 19.4 Å². The summed E-state index contributed by atoms with van der Waals surface area (Å²) >= 11 is 12.1. The van der Waals surface area contributed by atoms with Crippen molar-refractivity contribution < 1.29 is 9.59 Å². The fourth-order valence-corrected chi connectivity index (χ4v) is 2.91. The smallest absolute Gasteiger partial charge is 0.258 e. The van der Waals surface area contributed by atoms with E-state index in [9.17, 15) is 9.59 Å². The molecule has 25 heavy (non-hydrogen) atoms. The molecular formula is C19H18Cl2N2O2. The van der Waals surface area contributed by atoms with E-state index < -0.39 is 0 Å². The van der Waals surface area contributed by atoms with Gasteiger partial charge in [-0.25, -0.2) is 0 Å². The standard InChI is InChI=1S/C19H18Cl2N2O2/c1-12(2)22-15(11-24)10-13-6-8-14(9-7-13)23-19(25)18-16(20)4-3-5-17(18)21/h3-9,11,15,22H,1,10H2,2H3,(H,23,25). The molecule has 0 bridgehead atoms. The Labute approximate surface area is 156 Å². The molecule has 0 aliphatic carbocycles. The minimum atomic E-state index is -0.377. The van der Waals surface area contributed by atoms with Crippen LogP contribution < -0.4 is 10.6 Å². The molecular weight excluding hydrogens is 359 g/mol. The largest absolute Gasteiger partial charge is 0.379 e. The Morgan fingerprint density at radius 2 is 1.76 bits per heavy atom. The number of hydrogen-bond acceptors (Lipinski definition) is 3. The molecule has 0 radical (unpaired) electrons. The summed E-state index contributed by atoms with van der Waals surface area (Å²) in [4.78, 5) is 23.4. The first kappa shape index (κ1) is 19.0. The number of allylic oxidation sites excluding steroid dienone is 1. The summed E-state index contributed by atoms with van der Waals surface area (Å²) in [5, 5.41) is 6.34. The topological polar surface area (TPSA) is 58.2 Å². The van der Waals surface area contributed by atoms with Crippen molar-refractivity contribution in [1.82, 2.24) is 5.32 Å². The van der Waals surface area contributed by atoms with E-state index in [1.807, 2.05) is 12.1 Å². The number of benzene rings is 2. The quantitative estimate of drug-likeness (QED) is 0.700. The maximum atomic E-state index is 12.3. The molecule has 0 saturated carbocycles. The zero-order valence-electron chi connectivity index (χ0n) is 13.7. The molecule has 2 aromatic rings. The van der Waals surface area contributed by atoms with Gasteiger partial charge >= 0.3 is 0 Å². The normalized spacial score (nSPS) is 11.5. The van der Waals surface area contributed by atoms with E-state index in [2.05, 4.69) is 17.2 Å². The number of anilines is 1. The Balaban J connectivity index is 2.06. The van der Waals surface area contributed by atoms with Crippen LogP contribution in [0, 0.1) is 0 Å². The monoisotopic (exact) mass is 376 g/mol. The average Bonchev–Trinajstić information content (AvgIpc) is 2.55. The lowest BCUT2D eigenvalue weighted by Crippen LogP contribution is -2.30. The molecule has 0 fully saturated rings. The summed E-state index contributed by atoms with van der Waals surface area (Å²) in [6.45, 7) is 5.54. The Kier molecular flexibility index (Phi) is 6.62. The third kappa shape index (κ3) is 5.34. The van der Waals surface area contributed by atoms with Gasteiger partial charge in [0.15, 0.2) is 0 Å². The predicted octanol–water partition coefficient (Wildman–Crippen LogP) is 4.48. The van der Waals surface area contributed by atoms with Gasteiger partial charge in [-0.15, -0.1) is 0 Å². The summed E-state index contributed by atoms with van der Waals surface area (Å²) in [5.74, 6) is -0.377. The van der Waals surface area contributed by atoms with Gasteiger partial charge in [0.1, 0.15) is 6.29 Å². The second-order valence-electron chi connectivity index (χ2n) is 5.62. The number of aldehydes is 1. The molecule has 1 amide bonds. The molecule has 0 heterocycles. The summed E-state index contributed by atoms with van der Waals surface area (Å²) in [6, 6.07) is 11.8. The molecule has 2 N–H and O–H groups in total. The Morgan fingerprint density at radius 3 is 2.28 bits per heavy atom. The van der Waals surface area contributed by atoms with Gasteiger partial charge in [0.25, 0.3) is 5.91 Å². The predicted molar refractivity (Wildman–Crippen MR) is 102 cm³/mol. The van der Waals surface area contributed by atoms with Crippen LogP contribution in [0.5, 0.6) is 0 Å². The average molecular weight is 377 g/mol.